The van der Waals surface area contributed by atoms with Gasteiger partial charge in [0.25, 0.3) is 0 Å². The molecule has 152 valence electrons. The zero-order valence-electron chi connectivity index (χ0n) is 16.6. The van der Waals surface area contributed by atoms with Gasteiger partial charge in [0.15, 0.2) is 0 Å². The summed E-state index contributed by atoms with van der Waals surface area (Å²) in [6.07, 6.45) is 5.49. The van der Waals surface area contributed by atoms with Gasteiger partial charge in [0, 0.05) is 31.5 Å². The second-order valence-corrected chi connectivity index (χ2v) is 9.77. The molecule has 2 heterocycles. The number of hydrogen-bond acceptors (Lipinski definition) is 3. The quantitative estimate of drug-likeness (QED) is 0.604. The van der Waals surface area contributed by atoms with Crippen molar-refractivity contribution in [3.8, 4) is 16.9 Å². The summed E-state index contributed by atoms with van der Waals surface area (Å²) in [6.45, 7) is 0.887. The largest absolute Gasteiger partial charge is 0.482 e. The van der Waals surface area contributed by atoms with Gasteiger partial charge in [0.2, 0.25) is 10.0 Å². The van der Waals surface area contributed by atoms with Crippen molar-refractivity contribution in [1.82, 2.24) is 4.31 Å². The highest BCUT2D eigenvalue weighted by molar-refractivity contribution is 7.89. The van der Waals surface area contributed by atoms with E-state index in [1.165, 1.54) is 5.56 Å². The van der Waals surface area contributed by atoms with Crippen molar-refractivity contribution >= 4 is 16.1 Å². The van der Waals surface area contributed by atoms with Crippen molar-refractivity contribution in [1.29, 1.82) is 0 Å². The zero-order valence-corrected chi connectivity index (χ0v) is 17.4. The van der Waals surface area contributed by atoms with Crippen LogP contribution in [0.2, 0.25) is 0 Å². The van der Waals surface area contributed by atoms with Crippen LogP contribution in [0.3, 0.4) is 0 Å². The van der Waals surface area contributed by atoms with Crippen LogP contribution in [0.15, 0.2) is 89.8 Å². The Kier molecular flexibility index (Phi) is 4.72. The van der Waals surface area contributed by atoms with Crippen molar-refractivity contribution in [2.45, 2.75) is 23.3 Å². The van der Waals surface area contributed by atoms with Crippen molar-refractivity contribution in [3.63, 3.8) is 0 Å². The van der Waals surface area contributed by atoms with Gasteiger partial charge >= 0.3 is 0 Å². The summed E-state index contributed by atoms with van der Waals surface area (Å²) in [5.74, 6) is 0.858. The minimum Gasteiger partial charge on any atom is -0.482 e. The van der Waals surface area contributed by atoms with Crippen molar-refractivity contribution in [2.75, 3.05) is 13.1 Å². The molecule has 0 bridgehead atoms. The number of sulfonamides is 1. The molecule has 1 saturated heterocycles. The summed E-state index contributed by atoms with van der Waals surface area (Å²) >= 11 is 0. The molecule has 0 saturated carbocycles. The number of piperidine rings is 1. The molecule has 0 aromatic heterocycles. The summed E-state index contributed by atoms with van der Waals surface area (Å²) in [7, 11) is -3.46. The number of nitrogens with zero attached hydrogens (tertiary/aromatic N) is 1. The van der Waals surface area contributed by atoms with E-state index in [2.05, 4.69) is 36.4 Å². The average molecular weight is 418 g/mol. The molecule has 30 heavy (non-hydrogen) atoms. The van der Waals surface area contributed by atoms with Gasteiger partial charge in [-0.25, -0.2) is 8.42 Å². The first-order chi connectivity index (χ1) is 14.6. The highest BCUT2D eigenvalue weighted by atomic mass is 32.2. The SMILES string of the molecule is O=S(=O)(c1ccccc1)N1CCC2(C=Cc3cc(-c4ccccc4)ccc3O2)CC1. The molecule has 2 aliphatic rings. The Morgan fingerprint density at radius 3 is 2.17 bits per heavy atom. The van der Waals surface area contributed by atoms with Crippen LogP contribution in [0.25, 0.3) is 17.2 Å². The van der Waals surface area contributed by atoms with Crippen molar-refractivity contribution in [2.24, 2.45) is 0 Å². The molecule has 1 spiro atoms. The molecule has 0 atom stereocenters. The standard InChI is InChI=1S/C25H23NO3S/c27-30(28,23-9-5-2-6-10-23)26-17-15-25(16-18-26)14-13-22-19-21(11-12-24(22)29-25)20-7-3-1-4-8-20/h1-14,19H,15-18H2. The van der Waals surface area contributed by atoms with Crippen LogP contribution in [0.4, 0.5) is 0 Å². The van der Waals surface area contributed by atoms with Gasteiger partial charge in [-0.1, -0.05) is 60.7 Å². The normalized spacial score (nSPS) is 18.0. The lowest BCUT2D eigenvalue weighted by molar-refractivity contribution is 0.0620. The van der Waals surface area contributed by atoms with Crippen LogP contribution >= 0.6 is 0 Å². The maximum absolute atomic E-state index is 12.9. The van der Waals surface area contributed by atoms with Crippen molar-refractivity contribution in [3.05, 3.63) is 90.5 Å². The monoisotopic (exact) mass is 417 g/mol. The molecular weight excluding hydrogens is 394 g/mol. The third kappa shape index (κ3) is 3.44. The van der Waals surface area contributed by atoms with Crippen LogP contribution in [-0.4, -0.2) is 31.4 Å². The van der Waals surface area contributed by atoms with Gasteiger partial charge in [0.1, 0.15) is 11.4 Å². The molecule has 0 N–H and O–H groups in total. The molecule has 0 radical (unpaired) electrons. The fraction of sp³-hybridized carbons (Fsp3) is 0.200. The Balaban J connectivity index is 1.33. The lowest BCUT2D eigenvalue weighted by Gasteiger charge is -2.41. The number of rotatable bonds is 3. The molecule has 3 aromatic carbocycles. The van der Waals surface area contributed by atoms with Crippen LogP contribution in [0.1, 0.15) is 18.4 Å². The summed E-state index contributed by atoms with van der Waals surface area (Å²) in [5.41, 5.74) is 2.95. The number of ether oxygens (including phenoxy) is 1. The van der Waals surface area contributed by atoms with E-state index in [1.54, 1.807) is 28.6 Å². The predicted octanol–water partition coefficient (Wildman–Crippen LogP) is 4.98. The first kappa shape index (κ1) is 19.1. The second kappa shape index (κ2) is 7.42. The molecule has 0 aliphatic carbocycles. The average Bonchev–Trinajstić information content (AvgIpc) is 2.80. The summed E-state index contributed by atoms with van der Waals surface area (Å²) in [6, 6.07) is 25.2. The molecule has 4 nitrogen and oxygen atoms in total. The predicted molar refractivity (Wildman–Crippen MR) is 119 cm³/mol. The van der Waals surface area contributed by atoms with Crippen LogP contribution in [0, 0.1) is 0 Å². The summed E-state index contributed by atoms with van der Waals surface area (Å²) in [5, 5.41) is 0. The lowest BCUT2D eigenvalue weighted by atomic mass is 9.88. The highest BCUT2D eigenvalue weighted by Crippen LogP contribution is 2.39. The van der Waals surface area contributed by atoms with Gasteiger partial charge in [-0.2, -0.15) is 4.31 Å². The maximum Gasteiger partial charge on any atom is 0.243 e. The van der Waals surface area contributed by atoms with Gasteiger partial charge in [0.05, 0.1) is 4.90 Å². The van der Waals surface area contributed by atoms with Gasteiger partial charge < -0.3 is 4.74 Å². The topological polar surface area (TPSA) is 46.6 Å². The van der Waals surface area contributed by atoms with Crippen LogP contribution in [0.5, 0.6) is 5.75 Å². The summed E-state index contributed by atoms with van der Waals surface area (Å²) < 4.78 is 33.8. The highest BCUT2D eigenvalue weighted by Gasteiger charge is 2.40. The minimum atomic E-state index is -3.46. The molecule has 5 rings (SSSR count). The van der Waals surface area contributed by atoms with E-state index in [0.717, 1.165) is 16.9 Å². The second-order valence-electron chi connectivity index (χ2n) is 7.84. The molecule has 2 aliphatic heterocycles. The van der Waals surface area contributed by atoms with Crippen LogP contribution in [-0.2, 0) is 10.0 Å². The molecule has 0 amide bonds. The first-order valence-electron chi connectivity index (χ1n) is 10.2. The van der Waals surface area contributed by atoms with E-state index in [0.29, 0.717) is 30.8 Å². The fourth-order valence-electron chi connectivity index (χ4n) is 4.19. The maximum atomic E-state index is 12.9. The number of fused-ring (bicyclic) bond motifs is 1. The smallest absolute Gasteiger partial charge is 0.243 e. The fourth-order valence-corrected chi connectivity index (χ4v) is 5.65. The first-order valence-corrected chi connectivity index (χ1v) is 11.6. The lowest BCUT2D eigenvalue weighted by Crippen LogP contribution is -2.49. The molecule has 5 heteroatoms. The zero-order chi connectivity index (χ0) is 20.6. The van der Waals surface area contributed by atoms with Crippen molar-refractivity contribution < 1.29 is 13.2 Å². The van der Waals surface area contributed by atoms with Gasteiger partial charge in [-0.3, -0.25) is 0 Å². The molecular formula is C25H23NO3S. The van der Waals surface area contributed by atoms with Gasteiger partial charge in [-0.05, 0) is 41.5 Å². The van der Waals surface area contributed by atoms with E-state index >= 15 is 0 Å². The summed E-state index contributed by atoms with van der Waals surface area (Å²) in [4.78, 5) is 0.347. The molecule has 0 unspecified atom stereocenters. The van der Waals surface area contributed by atoms with E-state index in [9.17, 15) is 8.42 Å². The Bertz CT molecular complexity index is 1180. The Morgan fingerprint density at radius 2 is 1.47 bits per heavy atom. The van der Waals surface area contributed by atoms with E-state index in [4.69, 9.17) is 4.74 Å². The Morgan fingerprint density at radius 1 is 0.800 bits per heavy atom. The third-order valence-electron chi connectivity index (χ3n) is 5.95. The van der Waals surface area contributed by atoms with E-state index < -0.39 is 15.6 Å². The number of benzene rings is 3. The Labute approximate surface area is 177 Å². The van der Waals surface area contributed by atoms with E-state index in [1.807, 2.05) is 30.3 Å². The van der Waals surface area contributed by atoms with Gasteiger partial charge in [-0.15, -0.1) is 0 Å². The minimum absolute atomic E-state index is 0.347. The number of hydrogen-bond donors (Lipinski definition) is 0. The Hall–Kier alpha value is -2.89. The molecule has 3 aromatic rings. The third-order valence-corrected chi connectivity index (χ3v) is 7.86. The molecule has 1 fully saturated rings. The van der Waals surface area contributed by atoms with Crippen LogP contribution < -0.4 is 4.74 Å². The van der Waals surface area contributed by atoms with E-state index in [-0.39, 0.29) is 0 Å².